The van der Waals surface area contributed by atoms with Crippen LogP contribution >= 0.6 is 0 Å². The highest BCUT2D eigenvalue weighted by Gasteiger charge is 2.51. The fraction of sp³-hybridized carbons (Fsp3) is 0.357. The molecule has 2 rings (SSSR count). The summed E-state index contributed by atoms with van der Waals surface area (Å²) in [5, 5.41) is 20.3. The van der Waals surface area contributed by atoms with E-state index in [0.717, 1.165) is 0 Å². The number of nitrogens with one attached hydrogen (secondary N) is 1. The molecule has 1 fully saturated rings. The summed E-state index contributed by atoms with van der Waals surface area (Å²) in [6.45, 7) is 0. The number of carbonyl (C=O) groups is 3. The number of carboxylic acid groups (broad SMARTS) is 2. The third-order valence-corrected chi connectivity index (χ3v) is 3.60. The van der Waals surface area contributed by atoms with Crippen LogP contribution in [0.3, 0.4) is 0 Å². The topological polar surface area (TPSA) is 130 Å². The summed E-state index contributed by atoms with van der Waals surface area (Å²) in [7, 11) is 0. The van der Waals surface area contributed by atoms with Crippen molar-refractivity contribution in [3.63, 3.8) is 0 Å². The third kappa shape index (κ3) is 3.19. The fourth-order valence-corrected chi connectivity index (χ4v) is 2.14. The molecule has 0 saturated heterocycles. The monoisotopic (exact) mass is 292 g/mol. The van der Waals surface area contributed by atoms with E-state index in [4.69, 9.17) is 10.8 Å². The molecule has 1 saturated carbocycles. The van der Waals surface area contributed by atoms with Crippen LogP contribution in [-0.2, 0) is 19.8 Å². The quantitative estimate of drug-likeness (QED) is 0.605. The zero-order valence-electron chi connectivity index (χ0n) is 11.2. The van der Waals surface area contributed by atoms with Crippen molar-refractivity contribution in [3.05, 3.63) is 29.8 Å². The van der Waals surface area contributed by atoms with Gasteiger partial charge in [-0.3, -0.25) is 14.4 Å². The molecule has 0 spiro atoms. The SMILES string of the molecule is NC(CC(=O)O)C(=O)Nc1ccc(C2(C(=O)O)CC2)cc1. The molecule has 112 valence electrons. The maximum absolute atomic E-state index is 11.7. The van der Waals surface area contributed by atoms with E-state index in [1.54, 1.807) is 24.3 Å². The van der Waals surface area contributed by atoms with Gasteiger partial charge in [-0.2, -0.15) is 0 Å². The molecule has 1 amide bonds. The molecule has 1 aromatic carbocycles. The predicted octanol–water partition coefficient (Wildman–Crippen LogP) is 0.543. The lowest BCUT2D eigenvalue weighted by Gasteiger charge is -2.13. The molecule has 1 aromatic rings. The van der Waals surface area contributed by atoms with Crippen molar-refractivity contribution in [2.75, 3.05) is 5.32 Å². The zero-order chi connectivity index (χ0) is 15.6. The molecule has 1 aliphatic rings. The Kier molecular flexibility index (Phi) is 3.95. The lowest BCUT2D eigenvalue weighted by Crippen LogP contribution is -2.37. The number of aliphatic carboxylic acids is 2. The van der Waals surface area contributed by atoms with E-state index in [9.17, 15) is 19.5 Å². The lowest BCUT2D eigenvalue weighted by atomic mass is 9.96. The molecule has 1 atom stereocenters. The largest absolute Gasteiger partial charge is 0.481 e. The molecule has 1 aliphatic carbocycles. The first kappa shape index (κ1) is 15.0. The second-order valence-electron chi connectivity index (χ2n) is 5.16. The molecule has 0 heterocycles. The Hall–Kier alpha value is -2.41. The van der Waals surface area contributed by atoms with E-state index in [-0.39, 0.29) is 0 Å². The molecule has 5 N–H and O–H groups in total. The van der Waals surface area contributed by atoms with E-state index >= 15 is 0 Å². The van der Waals surface area contributed by atoms with E-state index in [1.165, 1.54) is 0 Å². The van der Waals surface area contributed by atoms with Gasteiger partial charge in [0.15, 0.2) is 0 Å². The number of amides is 1. The number of benzene rings is 1. The van der Waals surface area contributed by atoms with Crippen molar-refractivity contribution in [3.8, 4) is 0 Å². The summed E-state index contributed by atoms with van der Waals surface area (Å²) < 4.78 is 0. The summed E-state index contributed by atoms with van der Waals surface area (Å²) in [4.78, 5) is 33.3. The molecule has 0 aromatic heterocycles. The molecule has 7 heteroatoms. The van der Waals surface area contributed by atoms with Crippen molar-refractivity contribution in [2.24, 2.45) is 5.73 Å². The Morgan fingerprint density at radius 3 is 2.19 bits per heavy atom. The summed E-state index contributed by atoms with van der Waals surface area (Å²) in [6, 6.07) is 5.35. The summed E-state index contributed by atoms with van der Waals surface area (Å²) in [5.41, 5.74) is 5.80. The van der Waals surface area contributed by atoms with Gasteiger partial charge in [-0.15, -0.1) is 0 Å². The third-order valence-electron chi connectivity index (χ3n) is 3.60. The smallest absolute Gasteiger partial charge is 0.314 e. The minimum atomic E-state index is -1.15. The number of carboxylic acids is 2. The maximum Gasteiger partial charge on any atom is 0.314 e. The highest BCUT2D eigenvalue weighted by atomic mass is 16.4. The van der Waals surface area contributed by atoms with Gasteiger partial charge in [0.05, 0.1) is 17.9 Å². The van der Waals surface area contributed by atoms with Crippen LogP contribution in [0.15, 0.2) is 24.3 Å². The Bertz CT molecular complexity index is 578. The number of hydrogen-bond donors (Lipinski definition) is 4. The van der Waals surface area contributed by atoms with E-state index < -0.39 is 35.7 Å². The number of anilines is 1. The van der Waals surface area contributed by atoms with Crippen molar-refractivity contribution in [1.29, 1.82) is 0 Å². The Balaban J connectivity index is 2.02. The first-order chi connectivity index (χ1) is 9.85. The van der Waals surface area contributed by atoms with Gasteiger partial charge in [0.2, 0.25) is 5.91 Å². The Morgan fingerprint density at radius 1 is 1.19 bits per heavy atom. The molecule has 7 nitrogen and oxygen atoms in total. The van der Waals surface area contributed by atoms with Gasteiger partial charge in [0.1, 0.15) is 0 Å². The molecule has 0 radical (unpaired) electrons. The van der Waals surface area contributed by atoms with Crippen molar-refractivity contribution in [2.45, 2.75) is 30.7 Å². The van der Waals surface area contributed by atoms with E-state index in [1.807, 2.05) is 0 Å². The van der Waals surface area contributed by atoms with Crippen LogP contribution in [0, 0.1) is 0 Å². The van der Waals surface area contributed by atoms with Gasteiger partial charge in [0, 0.05) is 5.69 Å². The molecule has 1 unspecified atom stereocenters. The molecular weight excluding hydrogens is 276 g/mol. The highest BCUT2D eigenvalue weighted by Crippen LogP contribution is 2.48. The van der Waals surface area contributed by atoms with Crippen LogP contribution in [0.1, 0.15) is 24.8 Å². The standard InChI is InChI=1S/C14H16N2O5/c15-10(7-11(17)18)12(19)16-9-3-1-8(2-4-9)14(5-6-14)13(20)21/h1-4,10H,5-7,15H2,(H,16,19)(H,17,18)(H,20,21). The van der Waals surface area contributed by atoms with Crippen LogP contribution in [0.4, 0.5) is 5.69 Å². The fourth-order valence-electron chi connectivity index (χ4n) is 2.14. The van der Waals surface area contributed by atoms with E-state index in [0.29, 0.717) is 24.1 Å². The van der Waals surface area contributed by atoms with Gasteiger partial charge in [-0.1, -0.05) is 12.1 Å². The van der Waals surface area contributed by atoms with Gasteiger partial charge in [-0.25, -0.2) is 0 Å². The van der Waals surface area contributed by atoms with Crippen LogP contribution in [-0.4, -0.2) is 34.1 Å². The van der Waals surface area contributed by atoms with Crippen LogP contribution in [0.5, 0.6) is 0 Å². The predicted molar refractivity (Wildman–Crippen MR) is 73.8 cm³/mol. The lowest BCUT2D eigenvalue weighted by molar-refractivity contribution is -0.140. The van der Waals surface area contributed by atoms with Gasteiger partial charge < -0.3 is 21.3 Å². The van der Waals surface area contributed by atoms with Crippen LogP contribution in [0.2, 0.25) is 0 Å². The van der Waals surface area contributed by atoms with Gasteiger partial charge in [-0.05, 0) is 30.5 Å². The summed E-state index contributed by atoms with van der Waals surface area (Å²) in [6.07, 6.45) is 0.765. The molecule has 0 bridgehead atoms. The second kappa shape index (κ2) is 5.53. The Morgan fingerprint density at radius 2 is 1.76 bits per heavy atom. The minimum Gasteiger partial charge on any atom is -0.481 e. The normalized spacial score (nSPS) is 16.8. The average Bonchev–Trinajstić information content (AvgIpc) is 3.20. The van der Waals surface area contributed by atoms with Crippen LogP contribution in [0.25, 0.3) is 0 Å². The van der Waals surface area contributed by atoms with Crippen molar-refractivity contribution >= 4 is 23.5 Å². The average molecular weight is 292 g/mol. The molecule has 0 aliphatic heterocycles. The number of hydrogen-bond acceptors (Lipinski definition) is 4. The molecule has 21 heavy (non-hydrogen) atoms. The number of rotatable bonds is 6. The summed E-state index contributed by atoms with van der Waals surface area (Å²) in [5.74, 6) is -2.59. The van der Waals surface area contributed by atoms with Crippen LogP contribution < -0.4 is 11.1 Å². The Labute approximate surface area is 120 Å². The van der Waals surface area contributed by atoms with Gasteiger partial charge >= 0.3 is 11.9 Å². The second-order valence-corrected chi connectivity index (χ2v) is 5.16. The zero-order valence-corrected chi connectivity index (χ0v) is 11.2. The first-order valence-corrected chi connectivity index (χ1v) is 6.47. The van der Waals surface area contributed by atoms with Crippen molar-refractivity contribution < 1.29 is 24.6 Å². The number of nitrogens with two attached hydrogens (primary N) is 1. The maximum atomic E-state index is 11.7. The minimum absolute atomic E-state index is 0.450. The highest BCUT2D eigenvalue weighted by molar-refractivity contribution is 5.96. The van der Waals surface area contributed by atoms with Gasteiger partial charge in [0.25, 0.3) is 0 Å². The first-order valence-electron chi connectivity index (χ1n) is 6.47. The summed E-state index contributed by atoms with van der Waals surface area (Å²) >= 11 is 0. The van der Waals surface area contributed by atoms with Crippen molar-refractivity contribution in [1.82, 2.24) is 0 Å². The van der Waals surface area contributed by atoms with E-state index in [2.05, 4.69) is 5.32 Å². The number of carbonyl (C=O) groups excluding carboxylic acids is 1. The molecular formula is C14H16N2O5.